The molecule has 3 heterocycles. The molecule has 0 radical (unpaired) electrons. The summed E-state index contributed by atoms with van der Waals surface area (Å²) in [4.78, 5) is 17.2. The Balaban J connectivity index is 1.85. The van der Waals surface area contributed by atoms with E-state index in [0.29, 0.717) is 14.5 Å². The van der Waals surface area contributed by atoms with Crippen molar-refractivity contribution in [2.24, 2.45) is 0 Å². The number of aryl methyl sites for hydroxylation is 2. The molecule has 1 aliphatic rings. The van der Waals surface area contributed by atoms with Gasteiger partial charge in [-0.15, -0.1) is 0 Å². The quantitative estimate of drug-likeness (QED) is 0.729. The van der Waals surface area contributed by atoms with Crippen LogP contribution in [0.25, 0.3) is 9.78 Å². The number of hydrogen-bond donors (Lipinski definition) is 1. The second-order valence-electron chi connectivity index (χ2n) is 4.83. The molecule has 1 N–H and O–H groups in total. The Bertz CT molecular complexity index is 753. The first-order valence-electron chi connectivity index (χ1n) is 6.70. The Morgan fingerprint density at radius 2 is 2.00 bits per heavy atom. The fourth-order valence-corrected chi connectivity index (χ4v) is 5.25. The zero-order valence-electron chi connectivity index (χ0n) is 10.8. The summed E-state index contributed by atoms with van der Waals surface area (Å²) in [6, 6.07) is 0. The van der Waals surface area contributed by atoms with Crippen molar-refractivity contribution in [3.63, 3.8) is 0 Å². The van der Waals surface area contributed by atoms with Crippen molar-refractivity contribution in [3.8, 4) is 0 Å². The Kier molecular flexibility index (Phi) is 2.98. The zero-order valence-corrected chi connectivity index (χ0v) is 12.5. The van der Waals surface area contributed by atoms with Gasteiger partial charge in [-0.3, -0.25) is 0 Å². The molecule has 3 aromatic heterocycles. The van der Waals surface area contributed by atoms with Crippen molar-refractivity contribution in [1.82, 2.24) is 19.9 Å². The van der Waals surface area contributed by atoms with Gasteiger partial charge in [-0.25, -0.2) is 0 Å². The van der Waals surface area contributed by atoms with Gasteiger partial charge in [-0.2, -0.15) is 0 Å². The standard InChI is InChI=1S/C14H13N5Se/c1-2-4-10-9(3-1)12-13(17-8-18-14(12)20-10)19-11-7-15-5-6-16-11/h5-8H,1-4H2,(H,16,17,18,19). The van der Waals surface area contributed by atoms with Gasteiger partial charge in [0, 0.05) is 0 Å². The predicted octanol–water partition coefficient (Wildman–Crippen LogP) is 2.10. The summed E-state index contributed by atoms with van der Waals surface area (Å²) >= 11 is 0.382. The third kappa shape index (κ3) is 2.01. The summed E-state index contributed by atoms with van der Waals surface area (Å²) in [7, 11) is 0. The van der Waals surface area contributed by atoms with Crippen LogP contribution in [-0.4, -0.2) is 34.4 Å². The van der Waals surface area contributed by atoms with E-state index in [1.54, 1.807) is 29.4 Å². The molecule has 100 valence electrons. The van der Waals surface area contributed by atoms with Crippen LogP contribution in [0.4, 0.5) is 11.6 Å². The van der Waals surface area contributed by atoms with Crippen molar-refractivity contribution >= 4 is 35.9 Å². The fourth-order valence-electron chi connectivity index (χ4n) is 2.67. The van der Waals surface area contributed by atoms with E-state index in [4.69, 9.17) is 0 Å². The predicted molar refractivity (Wildman–Crippen MR) is 78.4 cm³/mol. The van der Waals surface area contributed by atoms with Crippen LogP contribution in [0.2, 0.25) is 0 Å². The van der Waals surface area contributed by atoms with Crippen LogP contribution in [-0.2, 0) is 12.8 Å². The molecule has 0 amide bonds. The number of anilines is 2. The molecule has 5 nitrogen and oxygen atoms in total. The zero-order chi connectivity index (χ0) is 13.4. The molecule has 0 bridgehead atoms. The van der Waals surface area contributed by atoms with Gasteiger partial charge < -0.3 is 0 Å². The SMILES string of the molecule is c1cnc(Nc2ncnc3[se]c4c(c23)CCCC4)cn1. The van der Waals surface area contributed by atoms with Crippen LogP contribution >= 0.6 is 0 Å². The van der Waals surface area contributed by atoms with Gasteiger partial charge in [-0.05, 0) is 0 Å². The minimum absolute atomic E-state index is 0.382. The minimum atomic E-state index is 0.382. The molecule has 0 saturated carbocycles. The molecule has 0 spiro atoms. The number of hydrogen-bond acceptors (Lipinski definition) is 5. The van der Waals surface area contributed by atoms with Crippen LogP contribution in [0.5, 0.6) is 0 Å². The maximum atomic E-state index is 4.48. The molecule has 0 atom stereocenters. The van der Waals surface area contributed by atoms with Crippen LogP contribution in [0.15, 0.2) is 24.9 Å². The van der Waals surface area contributed by atoms with Gasteiger partial charge >= 0.3 is 122 Å². The van der Waals surface area contributed by atoms with E-state index < -0.39 is 0 Å². The van der Waals surface area contributed by atoms with Gasteiger partial charge in [0.15, 0.2) is 0 Å². The summed E-state index contributed by atoms with van der Waals surface area (Å²) in [5.41, 5.74) is 1.48. The molecular weight excluding hydrogens is 317 g/mol. The summed E-state index contributed by atoms with van der Waals surface area (Å²) in [5, 5.41) is 4.52. The first kappa shape index (κ1) is 12.0. The molecule has 6 heteroatoms. The van der Waals surface area contributed by atoms with Crippen molar-refractivity contribution in [3.05, 3.63) is 34.9 Å². The van der Waals surface area contributed by atoms with E-state index in [1.165, 1.54) is 34.6 Å². The molecule has 1 aliphatic carbocycles. The molecule has 3 aromatic rings. The van der Waals surface area contributed by atoms with Crippen molar-refractivity contribution in [2.75, 3.05) is 5.32 Å². The number of aromatic nitrogens is 4. The molecule has 20 heavy (non-hydrogen) atoms. The molecule has 0 aliphatic heterocycles. The van der Waals surface area contributed by atoms with E-state index >= 15 is 0 Å². The number of nitrogens with zero attached hydrogens (tertiary/aromatic N) is 4. The Hall–Kier alpha value is -1.78. The van der Waals surface area contributed by atoms with E-state index in [9.17, 15) is 0 Å². The Labute approximate surface area is 122 Å². The van der Waals surface area contributed by atoms with Crippen LogP contribution in [0, 0.1) is 0 Å². The van der Waals surface area contributed by atoms with E-state index in [1.807, 2.05) is 0 Å². The van der Waals surface area contributed by atoms with Gasteiger partial charge in [-0.1, -0.05) is 0 Å². The van der Waals surface area contributed by atoms with Gasteiger partial charge in [0.1, 0.15) is 0 Å². The second kappa shape index (κ2) is 4.96. The molecule has 0 fully saturated rings. The van der Waals surface area contributed by atoms with Crippen LogP contribution < -0.4 is 5.32 Å². The molecule has 0 aromatic carbocycles. The molecule has 4 rings (SSSR count). The maximum absolute atomic E-state index is 4.48. The van der Waals surface area contributed by atoms with Gasteiger partial charge in [0.25, 0.3) is 0 Å². The van der Waals surface area contributed by atoms with E-state index in [0.717, 1.165) is 18.1 Å². The first-order chi connectivity index (χ1) is 9.92. The number of rotatable bonds is 2. The molecular formula is C14H13N5Se. The topological polar surface area (TPSA) is 63.6 Å². The average Bonchev–Trinajstić information content (AvgIpc) is 2.88. The normalized spacial score (nSPS) is 14.2. The van der Waals surface area contributed by atoms with Gasteiger partial charge in [0.05, 0.1) is 0 Å². The average molecular weight is 330 g/mol. The van der Waals surface area contributed by atoms with E-state index in [2.05, 4.69) is 25.3 Å². The van der Waals surface area contributed by atoms with Crippen molar-refractivity contribution < 1.29 is 0 Å². The third-order valence-electron chi connectivity index (χ3n) is 3.56. The van der Waals surface area contributed by atoms with Gasteiger partial charge in [0.2, 0.25) is 0 Å². The summed E-state index contributed by atoms with van der Waals surface area (Å²) in [6.07, 6.45) is 11.7. The summed E-state index contributed by atoms with van der Waals surface area (Å²) in [6.45, 7) is 0. The monoisotopic (exact) mass is 331 g/mol. The number of nitrogens with one attached hydrogen (secondary N) is 1. The van der Waals surface area contributed by atoms with Crippen molar-refractivity contribution in [2.45, 2.75) is 25.7 Å². The Morgan fingerprint density at radius 1 is 1.05 bits per heavy atom. The third-order valence-corrected chi connectivity index (χ3v) is 6.08. The fraction of sp³-hybridized carbons (Fsp3) is 0.286. The molecule has 0 saturated heterocycles. The van der Waals surface area contributed by atoms with Crippen LogP contribution in [0.1, 0.15) is 22.8 Å². The number of fused-ring (bicyclic) bond motifs is 3. The van der Waals surface area contributed by atoms with E-state index in [-0.39, 0.29) is 0 Å². The first-order valence-corrected chi connectivity index (χ1v) is 8.41. The summed E-state index contributed by atoms with van der Waals surface area (Å²) < 4.78 is 2.83. The summed E-state index contributed by atoms with van der Waals surface area (Å²) in [5.74, 6) is 1.61. The Morgan fingerprint density at radius 3 is 2.90 bits per heavy atom. The van der Waals surface area contributed by atoms with Crippen molar-refractivity contribution in [1.29, 1.82) is 0 Å². The van der Waals surface area contributed by atoms with Crippen LogP contribution in [0.3, 0.4) is 0 Å². The second-order valence-corrected chi connectivity index (χ2v) is 7.10. The molecule has 0 unspecified atom stereocenters.